The van der Waals surface area contributed by atoms with Crippen LogP contribution in [0.3, 0.4) is 0 Å². The smallest absolute Gasteiger partial charge is 0.407 e. The molecule has 1 saturated heterocycles. The first-order valence-corrected chi connectivity index (χ1v) is 5.01. The van der Waals surface area contributed by atoms with Gasteiger partial charge in [-0.05, 0) is 6.92 Å². The average Bonchev–Trinajstić information content (AvgIpc) is 2.66. The highest BCUT2D eigenvalue weighted by Gasteiger charge is 2.54. The van der Waals surface area contributed by atoms with Gasteiger partial charge in [-0.25, -0.2) is 4.79 Å². The molecule has 0 radical (unpaired) electrons. The zero-order valence-corrected chi connectivity index (χ0v) is 9.93. The van der Waals surface area contributed by atoms with E-state index in [2.05, 4.69) is 9.47 Å². The van der Waals surface area contributed by atoms with Gasteiger partial charge in [0.05, 0.1) is 25.6 Å². The normalized spacial score (nSPS) is 27.7. The van der Waals surface area contributed by atoms with Crippen molar-refractivity contribution >= 4 is 18.0 Å². The van der Waals surface area contributed by atoms with E-state index >= 15 is 0 Å². The van der Waals surface area contributed by atoms with E-state index in [9.17, 15) is 14.4 Å². The molecular weight excluding hydrogens is 230 g/mol. The van der Waals surface area contributed by atoms with Crippen molar-refractivity contribution in [3.05, 3.63) is 0 Å². The van der Waals surface area contributed by atoms with E-state index in [1.54, 1.807) is 0 Å². The molecule has 1 fully saturated rings. The Hall–Kier alpha value is -1.79. The van der Waals surface area contributed by atoms with E-state index < -0.39 is 29.4 Å². The molecule has 1 rings (SSSR count). The molecule has 2 unspecified atom stereocenters. The number of carbonyl (C=O) groups is 3. The maximum absolute atomic E-state index is 11.7. The zero-order chi connectivity index (χ0) is 13.2. The summed E-state index contributed by atoms with van der Waals surface area (Å²) in [5, 5.41) is 8.89. The van der Waals surface area contributed by atoms with E-state index in [-0.39, 0.29) is 13.1 Å². The highest BCUT2D eigenvalue weighted by molar-refractivity contribution is 5.87. The first-order chi connectivity index (χ1) is 7.86. The molecule has 0 bridgehead atoms. The van der Waals surface area contributed by atoms with Gasteiger partial charge < -0.3 is 19.5 Å². The summed E-state index contributed by atoms with van der Waals surface area (Å²) in [5.41, 5.74) is -1.19. The molecule has 0 aliphatic carbocycles. The molecule has 1 aliphatic heterocycles. The highest BCUT2D eigenvalue weighted by Crippen LogP contribution is 2.37. The van der Waals surface area contributed by atoms with Crippen LogP contribution in [0, 0.1) is 11.3 Å². The van der Waals surface area contributed by atoms with Gasteiger partial charge >= 0.3 is 18.0 Å². The first-order valence-electron chi connectivity index (χ1n) is 5.01. The van der Waals surface area contributed by atoms with E-state index in [4.69, 9.17) is 5.11 Å². The summed E-state index contributed by atoms with van der Waals surface area (Å²) in [4.78, 5) is 35.1. The molecule has 7 heteroatoms. The molecule has 1 amide bonds. The molecule has 0 saturated carbocycles. The Kier molecular flexibility index (Phi) is 3.59. The molecule has 2 atom stereocenters. The molecular formula is C10H15NO6. The minimum Gasteiger partial charge on any atom is -0.469 e. The number of amides is 1. The summed E-state index contributed by atoms with van der Waals surface area (Å²) in [6.07, 6.45) is -1.17. The summed E-state index contributed by atoms with van der Waals surface area (Å²) >= 11 is 0. The minimum absolute atomic E-state index is 0.0619. The van der Waals surface area contributed by atoms with Crippen molar-refractivity contribution in [2.75, 3.05) is 27.3 Å². The van der Waals surface area contributed by atoms with Crippen molar-refractivity contribution in [1.29, 1.82) is 0 Å². The molecule has 0 spiro atoms. The van der Waals surface area contributed by atoms with Crippen LogP contribution in [0.4, 0.5) is 4.79 Å². The van der Waals surface area contributed by atoms with Gasteiger partial charge in [-0.2, -0.15) is 0 Å². The molecule has 96 valence electrons. The highest BCUT2D eigenvalue weighted by atomic mass is 16.5. The molecule has 0 aromatic carbocycles. The monoisotopic (exact) mass is 245 g/mol. The molecule has 17 heavy (non-hydrogen) atoms. The largest absolute Gasteiger partial charge is 0.469 e. The zero-order valence-electron chi connectivity index (χ0n) is 9.93. The fourth-order valence-electron chi connectivity index (χ4n) is 2.06. The molecule has 7 nitrogen and oxygen atoms in total. The fourth-order valence-corrected chi connectivity index (χ4v) is 2.06. The van der Waals surface area contributed by atoms with Crippen molar-refractivity contribution in [3.8, 4) is 0 Å². The number of rotatable bonds is 2. The second kappa shape index (κ2) is 4.60. The Balaban J connectivity index is 3.03. The maximum atomic E-state index is 11.7. The third-order valence-corrected chi connectivity index (χ3v) is 3.10. The van der Waals surface area contributed by atoms with E-state index in [0.29, 0.717) is 0 Å². The molecule has 1 heterocycles. The number of carbonyl (C=O) groups excluding carboxylic acids is 2. The van der Waals surface area contributed by atoms with Crippen LogP contribution in [0.5, 0.6) is 0 Å². The number of nitrogens with zero attached hydrogens (tertiary/aromatic N) is 1. The minimum atomic E-state index is -1.19. The number of esters is 2. The second-order valence-electron chi connectivity index (χ2n) is 4.15. The third kappa shape index (κ3) is 2.17. The second-order valence-corrected chi connectivity index (χ2v) is 4.15. The molecule has 1 N–H and O–H groups in total. The van der Waals surface area contributed by atoms with Gasteiger partial charge in [0.2, 0.25) is 0 Å². The van der Waals surface area contributed by atoms with Crippen LogP contribution < -0.4 is 0 Å². The molecule has 0 aromatic rings. The van der Waals surface area contributed by atoms with Crippen molar-refractivity contribution in [3.63, 3.8) is 0 Å². The number of hydrogen-bond acceptors (Lipinski definition) is 5. The van der Waals surface area contributed by atoms with Crippen LogP contribution in [0.1, 0.15) is 6.92 Å². The third-order valence-electron chi connectivity index (χ3n) is 3.10. The van der Waals surface area contributed by atoms with Crippen molar-refractivity contribution in [2.45, 2.75) is 6.92 Å². The van der Waals surface area contributed by atoms with Gasteiger partial charge in [-0.1, -0.05) is 0 Å². The Bertz CT molecular complexity index is 355. The van der Waals surface area contributed by atoms with Gasteiger partial charge in [0, 0.05) is 13.1 Å². The first kappa shape index (κ1) is 13.3. The predicted molar refractivity (Wildman–Crippen MR) is 55.2 cm³/mol. The lowest BCUT2D eigenvalue weighted by Gasteiger charge is -2.25. The maximum Gasteiger partial charge on any atom is 0.407 e. The predicted octanol–water partition coefficient (Wildman–Crippen LogP) is -0.0515. The van der Waals surface area contributed by atoms with E-state index in [0.717, 1.165) is 4.90 Å². The van der Waals surface area contributed by atoms with E-state index in [1.807, 2.05) is 0 Å². The molecule has 0 aromatic heterocycles. The summed E-state index contributed by atoms with van der Waals surface area (Å²) in [7, 11) is 2.40. The lowest BCUT2D eigenvalue weighted by atomic mass is 9.80. The number of carboxylic acid groups (broad SMARTS) is 1. The number of likely N-dealkylation sites (tertiary alicyclic amines) is 1. The van der Waals surface area contributed by atoms with Crippen LogP contribution in [0.2, 0.25) is 0 Å². The quantitative estimate of drug-likeness (QED) is 0.685. The molecule has 1 aliphatic rings. The van der Waals surface area contributed by atoms with Crippen LogP contribution in [-0.4, -0.2) is 55.3 Å². The van der Waals surface area contributed by atoms with Gasteiger partial charge in [0.15, 0.2) is 0 Å². The Morgan fingerprint density at radius 3 is 2.29 bits per heavy atom. The van der Waals surface area contributed by atoms with Crippen LogP contribution >= 0.6 is 0 Å². The summed E-state index contributed by atoms with van der Waals surface area (Å²) < 4.78 is 9.21. The van der Waals surface area contributed by atoms with Crippen LogP contribution in [0.25, 0.3) is 0 Å². The van der Waals surface area contributed by atoms with Gasteiger partial charge in [-0.15, -0.1) is 0 Å². The van der Waals surface area contributed by atoms with Crippen molar-refractivity contribution < 1.29 is 29.0 Å². The number of hydrogen-bond donors (Lipinski definition) is 1. The Morgan fingerprint density at radius 1 is 1.29 bits per heavy atom. The SMILES string of the molecule is COC(=O)C1CN(C(=O)O)CC1(C)C(=O)OC. The van der Waals surface area contributed by atoms with Crippen molar-refractivity contribution in [1.82, 2.24) is 4.90 Å². The average molecular weight is 245 g/mol. The Labute approximate surface area is 98.3 Å². The van der Waals surface area contributed by atoms with Gasteiger partial charge in [0.25, 0.3) is 0 Å². The van der Waals surface area contributed by atoms with Crippen molar-refractivity contribution in [2.24, 2.45) is 11.3 Å². The summed E-state index contributed by atoms with van der Waals surface area (Å²) in [6.45, 7) is 1.37. The number of methoxy groups -OCH3 is 2. The lowest BCUT2D eigenvalue weighted by molar-refractivity contribution is -0.161. The summed E-state index contributed by atoms with van der Waals surface area (Å²) in [6, 6.07) is 0. The topological polar surface area (TPSA) is 93.1 Å². The van der Waals surface area contributed by atoms with E-state index in [1.165, 1.54) is 21.1 Å². The fraction of sp³-hybridized carbons (Fsp3) is 0.700. The Morgan fingerprint density at radius 2 is 1.88 bits per heavy atom. The number of ether oxygens (including phenoxy) is 2. The van der Waals surface area contributed by atoms with Crippen LogP contribution in [0.15, 0.2) is 0 Å². The van der Waals surface area contributed by atoms with Gasteiger partial charge in [0.1, 0.15) is 0 Å². The standard InChI is InChI=1S/C10H15NO6/c1-10(8(13)17-3)5-11(9(14)15)4-6(10)7(12)16-2/h6H,4-5H2,1-3H3,(H,14,15). The van der Waals surface area contributed by atoms with Gasteiger partial charge in [-0.3, -0.25) is 9.59 Å². The van der Waals surface area contributed by atoms with Crippen LogP contribution in [-0.2, 0) is 19.1 Å². The summed E-state index contributed by atoms with van der Waals surface area (Å²) in [5.74, 6) is -2.06. The lowest BCUT2D eigenvalue weighted by Crippen LogP contribution is -2.41.